The van der Waals surface area contributed by atoms with Crippen molar-refractivity contribution in [2.75, 3.05) is 0 Å². The van der Waals surface area contributed by atoms with Gasteiger partial charge in [-0.15, -0.1) is 0 Å². The van der Waals surface area contributed by atoms with E-state index in [-0.39, 0.29) is 103 Å². The van der Waals surface area contributed by atoms with E-state index in [1.54, 1.807) is 0 Å². The Morgan fingerprint density at radius 3 is 1.10 bits per heavy atom. The van der Waals surface area contributed by atoms with Crippen molar-refractivity contribution in [3.05, 3.63) is 35.4 Å². The third-order valence-electron chi connectivity index (χ3n) is 1.22. The Hall–Kier alpha value is 2.49. The summed E-state index contributed by atoms with van der Waals surface area (Å²) in [6.45, 7) is 4.19. The molecule has 0 nitrogen and oxygen atoms in total. The first-order valence-electron chi connectivity index (χ1n) is 2.82. The van der Waals surface area contributed by atoms with Crippen molar-refractivity contribution in [3.8, 4) is 0 Å². The third-order valence-corrected chi connectivity index (χ3v) is 1.22. The van der Waals surface area contributed by atoms with Gasteiger partial charge in [0.25, 0.3) is 0 Å². The van der Waals surface area contributed by atoms with E-state index in [0.717, 1.165) is 0 Å². The summed E-state index contributed by atoms with van der Waals surface area (Å²) >= 11 is 0. The number of rotatable bonds is 0. The zero-order valence-electron chi connectivity index (χ0n) is 5.31. The van der Waals surface area contributed by atoms with E-state index in [0.29, 0.717) is 0 Å². The first-order chi connectivity index (χ1) is 3.79. The molecule has 0 bridgehead atoms. The second kappa shape index (κ2) is 8.11. The van der Waals surface area contributed by atoms with Crippen LogP contribution < -0.4 is 0 Å². The second-order valence-electron chi connectivity index (χ2n) is 2.15. The molecule has 0 spiro atoms. The van der Waals surface area contributed by atoms with Crippen molar-refractivity contribution in [3.63, 3.8) is 0 Å². The minimum absolute atomic E-state index is 0. The summed E-state index contributed by atoms with van der Waals surface area (Å²) < 4.78 is 0. The SMILES string of the molecule is Cc1ccc(C)cc1.[KH].[KH]. The van der Waals surface area contributed by atoms with E-state index >= 15 is 0 Å². The summed E-state index contributed by atoms with van der Waals surface area (Å²) in [5, 5.41) is 0. The average Bonchev–Trinajstić information content (AvgIpc) is 1.77. The Morgan fingerprint density at radius 1 is 0.700 bits per heavy atom. The van der Waals surface area contributed by atoms with Gasteiger partial charge in [-0.25, -0.2) is 0 Å². The van der Waals surface area contributed by atoms with Gasteiger partial charge in [-0.3, -0.25) is 0 Å². The van der Waals surface area contributed by atoms with Gasteiger partial charge in [0.05, 0.1) is 0 Å². The van der Waals surface area contributed by atoms with Crippen LogP contribution in [-0.2, 0) is 0 Å². The van der Waals surface area contributed by atoms with Crippen LogP contribution in [0.4, 0.5) is 0 Å². The number of aryl methyl sites for hydroxylation is 2. The molecular formula is C8H12K2. The predicted molar refractivity (Wildman–Crippen MR) is 50.2 cm³/mol. The van der Waals surface area contributed by atoms with Gasteiger partial charge in [0.2, 0.25) is 0 Å². The molecule has 0 atom stereocenters. The van der Waals surface area contributed by atoms with Gasteiger partial charge in [0.1, 0.15) is 0 Å². The Kier molecular flexibility index (Phi) is 12.2. The quantitative estimate of drug-likeness (QED) is 0.531. The molecule has 0 N–H and O–H groups in total. The molecule has 0 aromatic heterocycles. The molecule has 0 unspecified atom stereocenters. The molecule has 0 saturated carbocycles. The average molecular weight is 186 g/mol. The summed E-state index contributed by atoms with van der Waals surface area (Å²) in [4.78, 5) is 0. The van der Waals surface area contributed by atoms with Crippen LogP contribution in [0.25, 0.3) is 0 Å². The van der Waals surface area contributed by atoms with Crippen LogP contribution in [-0.4, -0.2) is 103 Å². The fraction of sp³-hybridized carbons (Fsp3) is 0.250. The van der Waals surface area contributed by atoms with E-state index < -0.39 is 0 Å². The van der Waals surface area contributed by atoms with Crippen LogP contribution in [0.3, 0.4) is 0 Å². The molecule has 0 amide bonds. The molecule has 0 aliphatic rings. The normalized spacial score (nSPS) is 7.40. The van der Waals surface area contributed by atoms with Crippen LogP contribution in [0.15, 0.2) is 24.3 Å². The molecule has 0 radical (unpaired) electrons. The van der Waals surface area contributed by atoms with Crippen LogP contribution in [0.1, 0.15) is 11.1 Å². The Balaban J connectivity index is 0. The van der Waals surface area contributed by atoms with Gasteiger partial charge in [-0.2, -0.15) is 0 Å². The van der Waals surface area contributed by atoms with Crippen molar-refractivity contribution >= 4 is 103 Å². The molecule has 0 fully saturated rings. The van der Waals surface area contributed by atoms with Crippen LogP contribution in [0, 0.1) is 13.8 Å². The second-order valence-corrected chi connectivity index (χ2v) is 2.15. The maximum atomic E-state index is 2.12. The standard InChI is InChI=1S/C8H10.2K.2H/c1-7-3-5-8(2)6-4-7;;;;/h3-6H,1-2H3;;;;. The zero-order valence-corrected chi connectivity index (χ0v) is 5.31. The maximum absolute atomic E-state index is 2.12. The van der Waals surface area contributed by atoms with Gasteiger partial charge in [-0.1, -0.05) is 35.4 Å². The van der Waals surface area contributed by atoms with Crippen molar-refractivity contribution in [1.29, 1.82) is 0 Å². The van der Waals surface area contributed by atoms with Gasteiger partial charge >= 0.3 is 103 Å². The first kappa shape index (κ1) is 15.0. The van der Waals surface area contributed by atoms with E-state index in [1.165, 1.54) is 11.1 Å². The van der Waals surface area contributed by atoms with Gasteiger partial charge < -0.3 is 0 Å². The van der Waals surface area contributed by atoms with Crippen LogP contribution in [0.2, 0.25) is 0 Å². The number of hydrogen-bond acceptors (Lipinski definition) is 0. The molecule has 10 heavy (non-hydrogen) atoms. The Morgan fingerprint density at radius 2 is 0.900 bits per heavy atom. The first-order valence-corrected chi connectivity index (χ1v) is 2.82. The van der Waals surface area contributed by atoms with Crippen molar-refractivity contribution in [1.82, 2.24) is 0 Å². The van der Waals surface area contributed by atoms with Crippen molar-refractivity contribution in [2.24, 2.45) is 0 Å². The molecular weight excluding hydrogens is 174 g/mol. The van der Waals surface area contributed by atoms with Crippen LogP contribution in [0.5, 0.6) is 0 Å². The summed E-state index contributed by atoms with van der Waals surface area (Å²) in [6, 6.07) is 8.48. The molecule has 1 rings (SSSR count). The number of hydrogen-bond donors (Lipinski definition) is 0. The van der Waals surface area contributed by atoms with E-state index in [9.17, 15) is 0 Å². The van der Waals surface area contributed by atoms with Gasteiger partial charge in [-0.05, 0) is 13.8 Å². The van der Waals surface area contributed by atoms with E-state index in [1.807, 2.05) is 0 Å². The van der Waals surface area contributed by atoms with Crippen molar-refractivity contribution in [2.45, 2.75) is 13.8 Å². The fourth-order valence-corrected chi connectivity index (χ4v) is 0.637. The molecule has 2 heteroatoms. The molecule has 1 aromatic rings. The molecule has 0 saturated heterocycles. The zero-order chi connectivity index (χ0) is 5.98. The van der Waals surface area contributed by atoms with E-state index in [2.05, 4.69) is 38.1 Å². The summed E-state index contributed by atoms with van der Waals surface area (Å²) in [7, 11) is 0. The summed E-state index contributed by atoms with van der Waals surface area (Å²) in [6.07, 6.45) is 0. The molecule has 1 aromatic carbocycles. The van der Waals surface area contributed by atoms with Gasteiger partial charge in [0, 0.05) is 0 Å². The molecule has 0 heterocycles. The summed E-state index contributed by atoms with van der Waals surface area (Å²) in [5.74, 6) is 0. The monoisotopic (exact) mass is 186 g/mol. The Bertz CT molecular complexity index is 146. The Labute approximate surface area is 148 Å². The fourth-order valence-electron chi connectivity index (χ4n) is 0.637. The topological polar surface area (TPSA) is 0 Å². The van der Waals surface area contributed by atoms with Crippen LogP contribution >= 0.6 is 0 Å². The summed E-state index contributed by atoms with van der Waals surface area (Å²) in [5.41, 5.74) is 2.66. The molecule has 0 aliphatic carbocycles. The third kappa shape index (κ3) is 6.06. The minimum atomic E-state index is 0. The number of benzene rings is 1. The predicted octanol–water partition coefficient (Wildman–Crippen LogP) is 1.01. The van der Waals surface area contributed by atoms with Crippen molar-refractivity contribution < 1.29 is 0 Å². The molecule has 46 valence electrons. The van der Waals surface area contributed by atoms with E-state index in [4.69, 9.17) is 0 Å². The molecule has 0 aliphatic heterocycles. The van der Waals surface area contributed by atoms with Gasteiger partial charge in [0.15, 0.2) is 0 Å².